The van der Waals surface area contributed by atoms with Crippen LogP contribution in [0.4, 0.5) is 0 Å². The van der Waals surface area contributed by atoms with Gasteiger partial charge in [-0.25, -0.2) is 8.42 Å². The van der Waals surface area contributed by atoms with Crippen LogP contribution in [0.1, 0.15) is 25.7 Å². The van der Waals surface area contributed by atoms with Crippen LogP contribution in [0.3, 0.4) is 0 Å². The highest BCUT2D eigenvalue weighted by Gasteiger charge is 2.26. The number of methoxy groups -OCH3 is 1. The molecule has 0 bridgehead atoms. The second-order valence-corrected chi connectivity index (χ2v) is 7.77. The summed E-state index contributed by atoms with van der Waals surface area (Å²) in [7, 11) is -1.58. The number of sulfone groups is 1. The third-order valence-electron chi connectivity index (χ3n) is 4.00. The van der Waals surface area contributed by atoms with Crippen LogP contribution in [0.2, 0.25) is 0 Å². The highest BCUT2D eigenvalue weighted by Crippen LogP contribution is 2.23. The number of benzene rings is 1. The third-order valence-corrected chi connectivity index (χ3v) is 5.73. The molecule has 122 valence electrons. The lowest BCUT2D eigenvalue weighted by Gasteiger charge is -2.22. The van der Waals surface area contributed by atoms with E-state index in [0.717, 1.165) is 25.0 Å². The average molecular weight is 324 g/mol. The SMILES string of the molecule is C=C(CCS(=O)(=O)c1ccccc1)C[C@@H](OC)[C@@H]1CCCO1. The van der Waals surface area contributed by atoms with Gasteiger partial charge in [-0.1, -0.05) is 30.4 Å². The minimum absolute atomic E-state index is 0.0329. The molecule has 0 saturated carbocycles. The normalized spacial score (nSPS) is 20.0. The Labute approximate surface area is 133 Å². The van der Waals surface area contributed by atoms with E-state index in [2.05, 4.69) is 6.58 Å². The van der Waals surface area contributed by atoms with E-state index in [-0.39, 0.29) is 18.0 Å². The fourth-order valence-electron chi connectivity index (χ4n) is 2.67. The summed E-state index contributed by atoms with van der Waals surface area (Å²) in [6.45, 7) is 4.79. The summed E-state index contributed by atoms with van der Waals surface area (Å²) in [4.78, 5) is 0.366. The van der Waals surface area contributed by atoms with Gasteiger partial charge in [0.1, 0.15) is 0 Å². The van der Waals surface area contributed by atoms with Crippen molar-refractivity contribution in [2.75, 3.05) is 19.5 Å². The van der Waals surface area contributed by atoms with E-state index in [4.69, 9.17) is 9.47 Å². The van der Waals surface area contributed by atoms with Gasteiger partial charge in [-0.05, 0) is 37.8 Å². The molecule has 0 radical (unpaired) electrons. The molecule has 0 spiro atoms. The number of rotatable bonds is 8. The molecule has 22 heavy (non-hydrogen) atoms. The molecule has 2 rings (SSSR count). The molecule has 4 nitrogen and oxygen atoms in total. The summed E-state index contributed by atoms with van der Waals surface area (Å²) in [5, 5.41) is 0. The lowest BCUT2D eigenvalue weighted by atomic mass is 10.0. The van der Waals surface area contributed by atoms with E-state index in [1.807, 2.05) is 6.07 Å². The van der Waals surface area contributed by atoms with Crippen molar-refractivity contribution in [1.29, 1.82) is 0 Å². The molecule has 0 unspecified atom stereocenters. The molecule has 1 aromatic carbocycles. The first-order valence-electron chi connectivity index (χ1n) is 7.62. The van der Waals surface area contributed by atoms with Crippen molar-refractivity contribution < 1.29 is 17.9 Å². The molecule has 1 aliphatic rings. The largest absolute Gasteiger partial charge is 0.378 e. The van der Waals surface area contributed by atoms with Crippen LogP contribution in [0.15, 0.2) is 47.4 Å². The first kappa shape index (κ1) is 17.2. The van der Waals surface area contributed by atoms with Crippen LogP contribution in [0.5, 0.6) is 0 Å². The Hall–Kier alpha value is -1.17. The Morgan fingerprint density at radius 3 is 2.73 bits per heavy atom. The number of hydrogen-bond acceptors (Lipinski definition) is 4. The maximum absolute atomic E-state index is 12.3. The Morgan fingerprint density at radius 2 is 2.14 bits per heavy atom. The van der Waals surface area contributed by atoms with Crippen molar-refractivity contribution >= 4 is 9.84 Å². The van der Waals surface area contributed by atoms with Crippen molar-refractivity contribution in [2.45, 2.75) is 42.8 Å². The second kappa shape index (κ2) is 7.90. The molecule has 0 amide bonds. The van der Waals surface area contributed by atoms with E-state index in [1.165, 1.54) is 0 Å². The van der Waals surface area contributed by atoms with Gasteiger partial charge >= 0.3 is 0 Å². The van der Waals surface area contributed by atoms with Gasteiger partial charge in [0.15, 0.2) is 9.84 Å². The first-order valence-corrected chi connectivity index (χ1v) is 9.27. The fourth-order valence-corrected chi connectivity index (χ4v) is 4.04. The predicted molar refractivity (Wildman–Crippen MR) is 86.6 cm³/mol. The number of hydrogen-bond donors (Lipinski definition) is 0. The van der Waals surface area contributed by atoms with Crippen molar-refractivity contribution in [3.8, 4) is 0 Å². The smallest absolute Gasteiger partial charge is 0.178 e. The highest BCUT2D eigenvalue weighted by molar-refractivity contribution is 7.91. The third kappa shape index (κ3) is 4.66. The van der Waals surface area contributed by atoms with Crippen molar-refractivity contribution in [3.63, 3.8) is 0 Å². The Bertz CT molecular complexity index is 574. The average Bonchev–Trinajstić information content (AvgIpc) is 3.06. The minimum atomic E-state index is -3.25. The number of ether oxygens (including phenoxy) is 2. The van der Waals surface area contributed by atoms with Crippen LogP contribution in [0.25, 0.3) is 0 Å². The lowest BCUT2D eigenvalue weighted by Crippen LogP contribution is -2.28. The van der Waals surface area contributed by atoms with Gasteiger partial charge in [0, 0.05) is 13.7 Å². The molecular formula is C17H24O4S. The summed E-state index contributed by atoms with van der Waals surface area (Å²) < 4.78 is 35.6. The Kier molecular flexibility index (Phi) is 6.17. The maximum Gasteiger partial charge on any atom is 0.178 e. The predicted octanol–water partition coefficient (Wildman–Crippen LogP) is 2.99. The first-order chi connectivity index (χ1) is 10.5. The summed E-state index contributed by atoms with van der Waals surface area (Å²) in [5.41, 5.74) is 0.891. The minimum Gasteiger partial charge on any atom is -0.378 e. The van der Waals surface area contributed by atoms with Crippen LogP contribution in [-0.2, 0) is 19.3 Å². The molecule has 0 N–H and O–H groups in total. The van der Waals surface area contributed by atoms with Crippen LogP contribution >= 0.6 is 0 Å². The summed E-state index contributed by atoms with van der Waals surface area (Å²) in [5.74, 6) is 0.0812. The van der Waals surface area contributed by atoms with E-state index in [0.29, 0.717) is 17.7 Å². The van der Waals surface area contributed by atoms with Crippen LogP contribution < -0.4 is 0 Å². The van der Waals surface area contributed by atoms with Crippen molar-refractivity contribution in [2.24, 2.45) is 0 Å². The zero-order valence-corrected chi connectivity index (χ0v) is 13.8. The standard InChI is InChI=1S/C17H24O4S/c1-14(13-17(20-2)16-9-6-11-21-16)10-12-22(18,19)15-7-4-3-5-8-15/h3-5,7-8,16-17H,1,6,9-13H2,2H3/t16-,17+/m0/s1. The zero-order valence-electron chi connectivity index (χ0n) is 13.0. The monoisotopic (exact) mass is 324 g/mol. The molecule has 1 fully saturated rings. The second-order valence-electron chi connectivity index (χ2n) is 5.66. The van der Waals surface area contributed by atoms with E-state index < -0.39 is 9.84 Å². The van der Waals surface area contributed by atoms with E-state index >= 15 is 0 Å². The fraction of sp³-hybridized carbons (Fsp3) is 0.529. The molecule has 0 aliphatic carbocycles. The molecule has 5 heteroatoms. The summed E-state index contributed by atoms with van der Waals surface area (Å²) >= 11 is 0. The quantitative estimate of drug-likeness (QED) is 0.690. The molecule has 2 atom stereocenters. The van der Waals surface area contributed by atoms with Crippen molar-refractivity contribution in [3.05, 3.63) is 42.5 Å². The molecule has 1 saturated heterocycles. The lowest BCUT2D eigenvalue weighted by molar-refractivity contribution is -0.0261. The molecule has 0 aromatic heterocycles. The maximum atomic E-state index is 12.3. The van der Waals surface area contributed by atoms with E-state index in [1.54, 1.807) is 31.4 Å². The molecule has 1 aliphatic heterocycles. The Morgan fingerprint density at radius 1 is 1.41 bits per heavy atom. The zero-order chi connectivity index (χ0) is 16.0. The van der Waals surface area contributed by atoms with Gasteiger partial charge in [0.05, 0.1) is 22.9 Å². The van der Waals surface area contributed by atoms with Crippen LogP contribution in [0, 0.1) is 0 Å². The summed E-state index contributed by atoms with van der Waals surface area (Å²) in [6, 6.07) is 8.54. The highest BCUT2D eigenvalue weighted by atomic mass is 32.2. The van der Waals surface area contributed by atoms with Gasteiger partial charge in [0.25, 0.3) is 0 Å². The van der Waals surface area contributed by atoms with Gasteiger partial charge in [0.2, 0.25) is 0 Å². The van der Waals surface area contributed by atoms with Gasteiger partial charge in [-0.15, -0.1) is 0 Å². The summed E-state index contributed by atoms with van der Waals surface area (Å²) in [6.07, 6.45) is 3.21. The van der Waals surface area contributed by atoms with E-state index in [9.17, 15) is 8.42 Å². The molecule has 1 aromatic rings. The van der Waals surface area contributed by atoms with Gasteiger partial charge < -0.3 is 9.47 Å². The van der Waals surface area contributed by atoms with Gasteiger partial charge in [-0.3, -0.25) is 0 Å². The van der Waals surface area contributed by atoms with Crippen LogP contribution in [-0.4, -0.2) is 40.1 Å². The Balaban J connectivity index is 1.86. The molecular weight excluding hydrogens is 300 g/mol. The van der Waals surface area contributed by atoms with Gasteiger partial charge in [-0.2, -0.15) is 0 Å². The topological polar surface area (TPSA) is 52.6 Å². The molecule has 1 heterocycles. The van der Waals surface area contributed by atoms with Crippen molar-refractivity contribution in [1.82, 2.24) is 0 Å².